The van der Waals surface area contributed by atoms with Crippen LogP contribution in [0.2, 0.25) is 0 Å². The van der Waals surface area contributed by atoms with Crippen LogP contribution < -0.4 is 5.32 Å². The van der Waals surface area contributed by atoms with Gasteiger partial charge in [0.05, 0.1) is 17.6 Å². The quantitative estimate of drug-likeness (QED) is 0.833. The van der Waals surface area contributed by atoms with Gasteiger partial charge in [-0.15, -0.1) is 0 Å². The normalized spacial score (nSPS) is 29.0. The van der Waals surface area contributed by atoms with E-state index in [4.69, 9.17) is 4.74 Å². The van der Waals surface area contributed by atoms with Gasteiger partial charge in [0.15, 0.2) is 0 Å². The highest BCUT2D eigenvalue weighted by atomic mass is 16.5. The molecule has 120 valence electrons. The molecule has 2 atom stereocenters. The summed E-state index contributed by atoms with van der Waals surface area (Å²) in [6.07, 6.45) is 4.27. The molecule has 0 bridgehead atoms. The number of carbonyl (C=O) groups is 2. The van der Waals surface area contributed by atoms with Gasteiger partial charge in [0.2, 0.25) is 0 Å². The van der Waals surface area contributed by atoms with Crippen LogP contribution in [0.3, 0.4) is 0 Å². The monoisotopic (exact) mass is 298 g/mol. The standard InChI is InChI=1S/C15H26N2O4/c1-11-8-17(9-12(2)21-11)14(20)16-10-15(13(18)19)6-4-3-5-7-15/h11-12H,3-10H2,1-2H3,(H,16,20)(H,18,19)/t11-,12+. The van der Waals surface area contributed by atoms with E-state index in [0.717, 1.165) is 19.3 Å². The number of rotatable bonds is 3. The fourth-order valence-electron chi connectivity index (χ4n) is 3.40. The van der Waals surface area contributed by atoms with Crippen LogP contribution in [0.4, 0.5) is 4.79 Å². The topological polar surface area (TPSA) is 78.9 Å². The van der Waals surface area contributed by atoms with Gasteiger partial charge < -0.3 is 20.1 Å². The van der Waals surface area contributed by atoms with E-state index < -0.39 is 11.4 Å². The summed E-state index contributed by atoms with van der Waals surface area (Å²) in [6.45, 7) is 5.21. The van der Waals surface area contributed by atoms with Gasteiger partial charge in [0.1, 0.15) is 0 Å². The second-order valence-corrected chi connectivity index (χ2v) is 6.47. The number of morpholine rings is 1. The van der Waals surface area contributed by atoms with Crippen LogP contribution in [0.5, 0.6) is 0 Å². The Labute approximate surface area is 125 Å². The summed E-state index contributed by atoms with van der Waals surface area (Å²) in [7, 11) is 0. The highest BCUT2D eigenvalue weighted by Gasteiger charge is 2.40. The van der Waals surface area contributed by atoms with Crippen molar-refractivity contribution in [3.63, 3.8) is 0 Å². The van der Waals surface area contributed by atoms with Crippen molar-refractivity contribution < 1.29 is 19.4 Å². The van der Waals surface area contributed by atoms with Crippen molar-refractivity contribution in [3.8, 4) is 0 Å². The first-order chi connectivity index (χ1) is 9.93. The zero-order valence-electron chi connectivity index (χ0n) is 12.9. The maximum Gasteiger partial charge on any atom is 0.317 e. The number of hydrogen-bond donors (Lipinski definition) is 2. The van der Waals surface area contributed by atoms with Crippen molar-refractivity contribution in [3.05, 3.63) is 0 Å². The number of urea groups is 1. The minimum Gasteiger partial charge on any atom is -0.481 e. The Bertz CT molecular complexity index is 383. The fraction of sp³-hybridized carbons (Fsp3) is 0.867. The molecule has 6 nitrogen and oxygen atoms in total. The number of nitrogens with zero attached hydrogens (tertiary/aromatic N) is 1. The van der Waals surface area contributed by atoms with Crippen LogP contribution >= 0.6 is 0 Å². The lowest BCUT2D eigenvalue weighted by atomic mass is 9.74. The van der Waals surface area contributed by atoms with E-state index in [1.807, 2.05) is 13.8 Å². The van der Waals surface area contributed by atoms with E-state index in [1.54, 1.807) is 4.90 Å². The van der Waals surface area contributed by atoms with Gasteiger partial charge in [-0.25, -0.2) is 4.79 Å². The number of amides is 2. The maximum atomic E-state index is 12.3. The zero-order valence-corrected chi connectivity index (χ0v) is 12.9. The highest BCUT2D eigenvalue weighted by Crippen LogP contribution is 2.36. The molecule has 2 fully saturated rings. The van der Waals surface area contributed by atoms with E-state index in [1.165, 1.54) is 0 Å². The molecule has 1 aliphatic carbocycles. The van der Waals surface area contributed by atoms with Gasteiger partial charge in [0.25, 0.3) is 0 Å². The van der Waals surface area contributed by atoms with E-state index in [0.29, 0.717) is 25.9 Å². The molecule has 1 saturated heterocycles. The van der Waals surface area contributed by atoms with Crippen LogP contribution in [0, 0.1) is 5.41 Å². The molecule has 0 aromatic rings. The van der Waals surface area contributed by atoms with E-state index in [-0.39, 0.29) is 24.8 Å². The first-order valence-corrected chi connectivity index (χ1v) is 7.84. The molecule has 0 unspecified atom stereocenters. The van der Waals surface area contributed by atoms with Gasteiger partial charge >= 0.3 is 12.0 Å². The fourth-order valence-corrected chi connectivity index (χ4v) is 3.40. The van der Waals surface area contributed by atoms with Gasteiger partial charge in [-0.1, -0.05) is 19.3 Å². The Kier molecular flexibility index (Phi) is 5.08. The Hall–Kier alpha value is -1.30. The lowest BCUT2D eigenvalue weighted by Gasteiger charge is -2.37. The lowest BCUT2D eigenvalue weighted by Crippen LogP contribution is -2.54. The van der Waals surface area contributed by atoms with Crippen LogP contribution in [-0.2, 0) is 9.53 Å². The molecule has 0 spiro atoms. The molecule has 1 saturated carbocycles. The summed E-state index contributed by atoms with van der Waals surface area (Å²) >= 11 is 0. The molecule has 0 aromatic carbocycles. The predicted octanol–water partition coefficient (Wildman–Crippen LogP) is 1.84. The second kappa shape index (κ2) is 6.64. The molecule has 0 radical (unpaired) electrons. The largest absolute Gasteiger partial charge is 0.481 e. The second-order valence-electron chi connectivity index (χ2n) is 6.47. The van der Waals surface area contributed by atoms with Gasteiger partial charge in [-0.05, 0) is 26.7 Å². The Morgan fingerprint density at radius 3 is 2.29 bits per heavy atom. The van der Waals surface area contributed by atoms with Crippen LogP contribution in [0.25, 0.3) is 0 Å². The van der Waals surface area contributed by atoms with Crippen LogP contribution in [0.15, 0.2) is 0 Å². The number of carboxylic acids is 1. The van der Waals surface area contributed by atoms with E-state index in [9.17, 15) is 14.7 Å². The van der Waals surface area contributed by atoms with Crippen molar-refractivity contribution in [2.24, 2.45) is 5.41 Å². The number of hydrogen-bond acceptors (Lipinski definition) is 3. The highest BCUT2D eigenvalue weighted by molar-refractivity contribution is 5.78. The number of nitrogens with one attached hydrogen (secondary N) is 1. The Morgan fingerprint density at radius 1 is 1.19 bits per heavy atom. The van der Waals surface area contributed by atoms with Gasteiger partial charge in [0, 0.05) is 19.6 Å². The van der Waals surface area contributed by atoms with Crippen molar-refractivity contribution >= 4 is 12.0 Å². The third-order valence-electron chi connectivity index (χ3n) is 4.55. The summed E-state index contributed by atoms with van der Waals surface area (Å²) in [5.41, 5.74) is -0.780. The van der Waals surface area contributed by atoms with Crippen molar-refractivity contribution in [2.75, 3.05) is 19.6 Å². The van der Waals surface area contributed by atoms with Crippen molar-refractivity contribution in [2.45, 2.75) is 58.2 Å². The Morgan fingerprint density at radius 2 is 1.76 bits per heavy atom. The Balaban J connectivity index is 1.91. The predicted molar refractivity (Wildman–Crippen MR) is 78.1 cm³/mol. The van der Waals surface area contributed by atoms with E-state index >= 15 is 0 Å². The first kappa shape index (κ1) is 16.1. The third-order valence-corrected chi connectivity index (χ3v) is 4.55. The average Bonchev–Trinajstić information content (AvgIpc) is 2.44. The first-order valence-electron chi connectivity index (χ1n) is 7.84. The lowest BCUT2D eigenvalue weighted by molar-refractivity contribution is -0.150. The van der Waals surface area contributed by atoms with Gasteiger partial charge in [-0.3, -0.25) is 4.79 Å². The molecule has 2 aliphatic rings. The van der Waals surface area contributed by atoms with Crippen LogP contribution in [-0.4, -0.2) is 53.8 Å². The summed E-state index contributed by atoms with van der Waals surface area (Å²) in [4.78, 5) is 25.6. The molecule has 0 aromatic heterocycles. The van der Waals surface area contributed by atoms with Crippen molar-refractivity contribution in [1.29, 1.82) is 0 Å². The number of aliphatic carboxylic acids is 1. The zero-order chi connectivity index (χ0) is 15.5. The molecule has 6 heteroatoms. The minimum atomic E-state index is -0.786. The molecular weight excluding hydrogens is 272 g/mol. The molecule has 2 rings (SSSR count). The van der Waals surface area contributed by atoms with E-state index in [2.05, 4.69) is 5.32 Å². The average molecular weight is 298 g/mol. The summed E-state index contributed by atoms with van der Waals surface area (Å²) < 4.78 is 5.60. The third kappa shape index (κ3) is 3.87. The van der Waals surface area contributed by atoms with Crippen LogP contribution in [0.1, 0.15) is 46.0 Å². The minimum absolute atomic E-state index is 0.0163. The molecular formula is C15H26N2O4. The molecule has 21 heavy (non-hydrogen) atoms. The van der Waals surface area contributed by atoms with Crippen molar-refractivity contribution in [1.82, 2.24) is 10.2 Å². The summed E-state index contributed by atoms with van der Waals surface area (Å²) in [5.74, 6) is -0.786. The molecule has 2 amide bonds. The number of carbonyl (C=O) groups excluding carboxylic acids is 1. The number of carboxylic acid groups (broad SMARTS) is 1. The molecule has 1 heterocycles. The summed E-state index contributed by atoms with van der Waals surface area (Å²) in [6, 6.07) is -0.178. The van der Waals surface area contributed by atoms with Gasteiger partial charge in [-0.2, -0.15) is 0 Å². The molecule has 2 N–H and O–H groups in total. The number of ether oxygens (including phenoxy) is 1. The summed E-state index contributed by atoms with van der Waals surface area (Å²) in [5, 5.41) is 12.3. The molecule has 1 aliphatic heterocycles. The SMILES string of the molecule is C[C@@H]1CN(C(=O)NCC2(C(=O)O)CCCCC2)C[C@H](C)O1. The maximum absolute atomic E-state index is 12.3. The smallest absolute Gasteiger partial charge is 0.317 e.